The van der Waals surface area contributed by atoms with Crippen LogP contribution in [-0.2, 0) is 0 Å². The molecular weight excluding hydrogens is 144 g/mol. The average Bonchev–Trinajstić information content (AvgIpc) is 1.88. The van der Waals surface area contributed by atoms with Gasteiger partial charge in [-0.25, -0.2) is 0 Å². The van der Waals surface area contributed by atoms with Gasteiger partial charge < -0.3 is 15.3 Å². The van der Waals surface area contributed by atoms with Gasteiger partial charge in [0.25, 0.3) is 0 Å². The van der Waals surface area contributed by atoms with E-state index in [9.17, 15) is 0 Å². The lowest BCUT2D eigenvalue weighted by Crippen LogP contribution is -2.40. The molecule has 3 N–H and O–H groups in total. The molecule has 3 nitrogen and oxygen atoms in total. The minimum atomic E-state index is -1.89. The van der Waals surface area contributed by atoms with E-state index >= 15 is 0 Å². The van der Waals surface area contributed by atoms with Crippen LogP contribution in [0.5, 0.6) is 0 Å². The highest BCUT2D eigenvalue weighted by atomic mass is 16.5. The Labute approximate surface area is 67.7 Å². The normalized spacial score (nSPS) is 15.0. The van der Waals surface area contributed by atoms with Crippen molar-refractivity contribution in [3.05, 3.63) is 0 Å². The second kappa shape index (κ2) is 4.70. The van der Waals surface area contributed by atoms with Gasteiger partial charge in [0.15, 0.2) is 5.79 Å². The highest BCUT2D eigenvalue weighted by Crippen LogP contribution is 2.15. The first-order chi connectivity index (χ1) is 5.00. The summed E-state index contributed by atoms with van der Waals surface area (Å²) in [5, 5.41) is 27.1. The van der Waals surface area contributed by atoms with Crippen molar-refractivity contribution in [1.29, 1.82) is 0 Å². The second-order valence-corrected chi connectivity index (χ2v) is 3.01. The lowest BCUT2D eigenvalue weighted by molar-refractivity contribution is -0.223. The van der Waals surface area contributed by atoms with Crippen molar-refractivity contribution in [3.8, 4) is 0 Å². The van der Waals surface area contributed by atoms with E-state index in [-0.39, 0.29) is 6.42 Å². The predicted octanol–water partition coefficient (Wildman–Crippen LogP) is 0.628. The molecule has 68 valence electrons. The van der Waals surface area contributed by atoms with E-state index in [0.717, 1.165) is 19.3 Å². The van der Waals surface area contributed by atoms with Crippen LogP contribution in [0, 0.1) is 0 Å². The van der Waals surface area contributed by atoms with Crippen LogP contribution in [0.15, 0.2) is 0 Å². The van der Waals surface area contributed by atoms with Crippen molar-refractivity contribution in [3.63, 3.8) is 0 Å². The van der Waals surface area contributed by atoms with Crippen molar-refractivity contribution >= 4 is 0 Å². The molecule has 0 fully saturated rings. The molecular formula is C8H18O3. The summed E-state index contributed by atoms with van der Waals surface area (Å²) >= 11 is 0. The van der Waals surface area contributed by atoms with Crippen LogP contribution >= 0.6 is 0 Å². The molecule has 3 heteroatoms. The molecule has 0 aliphatic heterocycles. The lowest BCUT2D eigenvalue weighted by Gasteiger charge is -2.24. The Morgan fingerprint density at radius 1 is 1.27 bits per heavy atom. The van der Waals surface area contributed by atoms with Crippen molar-refractivity contribution in [2.24, 2.45) is 0 Å². The first kappa shape index (κ1) is 10.9. The predicted molar refractivity (Wildman–Crippen MR) is 43.0 cm³/mol. The monoisotopic (exact) mass is 162 g/mol. The summed E-state index contributed by atoms with van der Waals surface area (Å²) in [6.07, 6.45) is 1.93. The zero-order valence-corrected chi connectivity index (χ0v) is 7.25. The minimum absolute atomic E-state index is 0.249. The summed E-state index contributed by atoms with van der Waals surface area (Å²) in [6.45, 7) is 3.42. The third-order valence-corrected chi connectivity index (χ3v) is 1.82. The average molecular weight is 162 g/mol. The van der Waals surface area contributed by atoms with E-state index in [1.807, 2.05) is 6.92 Å². The molecule has 0 amide bonds. The fourth-order valence-electron chi connectivity index (χ4n) is 0.844. The Bertz CT molecular complexity index is 99.5. The fourth-order valence-corrected chi connectivity index (χ4v) is 0.844. The largest absolute Gasteiger partial charge is 0.388 e. The number of aliphatic hydroxyl groups excluding tert-OH is 1. The lowest BCUT2D eigenvalue weighted by atomic mass is 10.0. The molecule has 0 heterocycles. The van der Waals surface area contributed by atoms with Gasteiger partial charge in [0.05, 0.1) is 0 Å². The maximum absolute atomic E-state index is 9.12. The SMILES string of the molecule is CCCCCC(O)(O)C(C)O. The molecule has 0 saturated heterocycles. The van der Waals surface area contributed by atoms with Gasteiger partial charge in [-0.1, -0.05) is 19.8 Å². The summed E-state index contributed by atoms with van der Waals surface area (Å²) in [6, 6.07) is 0. The third-order valence-electron chi connectivity index (χ3n) is 1.82. The number of hydrogen-bond acceptors (Lipinski definition) is 3. The molecule has 0 aromatic heterocycles. The molecule has 0 aliphatic rings. The number of unbranched alkanes of at least 4 members (excludes halogenated alkanes) is 2. The van der Waals surface area contributed by atoms with E-state index in [2.05, 4.69) is 0 Å². The number of rotatable bonds is 5. The van der Waals surface area contributed by atoms with E-state index in [1.165, 1.54) is 6.92 Å². The zero-order valence-electron chi connectivity index (χ0n) is 7.25. The first-order valence-electron chi connectivity index (χ1n) is 4.13. The van der Waals surface area contributed by atoms with Gasteiger partial charge in [0, 0.05) is 6.42 Å². The molecule has 11 heavy (non-hydrogen) atoms. The van der Waals surface area contributed by atoms with Gasteiger partial charge in [-0.05, 0) is 13.3 Å². The topological polar surface area (TPSA) is 60.7 Å². The van der Waals surface area contributed by atoms with E-state index in [1.54, 1.807) is 0 Å². The highest BCUT2D eigenvalue weighted by molar-refractivity contribution is 4.70. The van der Waals surface area contributed by atoms with Gasteiger partial charge in [0.2, 0.25) is 0 Å². The van der Waals surface area contributed by atoms with Crippen molar-refractivity contribution in [2.75, 3.05) is 0 Å². The molecule has 0 aliphatic carbocycles. The Morgan fingerprint density at radius 2 is 1.82 bits per heavy atom. The summed E-state index contributed by atoms with van der Waals surface area (Å²) in [7, 11) is 0. The van der Waals surface area contributed by atoms with Crippen LogP contribution < -0.4 is 0 Å². The molecule has 0 radical (unpaired) electrons. The Balaban J connectivity index is 3.55. The zero-order chi connectivity index (χ0) is 8.91. The fraction of sp³-hybridized carbons (Fsp3) is 1.00. The second-order valence-electron chi connectivity index (χ2n) is 3.01. The summed E-state index contributed by atoms with van der Waals surface area (Å²) in [5.74, 6) is -1.89. The van der Waals surface area contributed by atoms with Crippen LogP contribution in [-0.4, -0.2) is 27.2 Å². The molecule has 0 saturated carbocycles. The van der Waals surface area contributed by atoms with Crippen molar-refractivity contribution in [2.45, 2.75) is 51.4 Å². The van der Waals surface area contributed by atoms with Crippen LogP contribution in [0.3, 0.4) is 0 Å². The van der Waals surface area contributed by atoms with Gasteiger partial charge in [0.1, 0.15) is 6.10 Å². The first-order valence-corrected chi connectivity index (χ1v) is 4.13. The van der Waals surface area contributed by atoms with Crippen LogP contribution in [0.1, 0.15) is 39.5 Å². The standard InChI is InChI=1S/C8H18O3/c1-3-4-5-6-8(10,11)7(2)9/h7,9-11H,3-6H2,1-2H3. The molecule has 0 spiro atoms. The Morgan fingerprint density at radius 3 is 2.18 bits per heavy atom. The van der Waals surface area contributed by atoms with Crippen LogP contribution in [0.25, 0.3) is 0 Å². The molecule has 1 unspecified atom stereocenters. The highest BCUT2D eigenvalue weighted by Gasteiger charge is 2.28. The van der Waals surface area contributed by atoms with E-state index in [4.69, 9.17) is 15.3 Å². The van der Waals surface area contributed by atoms with E-state index < -0.39 is 11.9 Å². The van der Waals surface area contributed by atoms with Crippen molar-refractivity contribution in [1.82, 2.24) is 0 Å². The summed E-state index contributed by atoms with van der Waals surface area (Å²) < 4.78 is 0. The van der Waals surface area contributed by atoms with Crippen LogP contribution in [0.2, 0.25) is 0 Å². The van der Waals surface area contributed by atoms with Crippen LogP contribution in [0.4, 0.5) is 0 Å². The molecule has 0 bridgehead atoms. The number of hydrogen-bond donors (Lipinski definition) is 3. The molecule has 1 atom stereocenters. The van der Waals surface area contributed by atoms with Gasteiger partial charge in [-0.15, -0.1) is 0 Å². The smallest absolute Gasteiger partial charge is 0.189 e. The summed E-state index contributed by atoms with van der Waals surface area (Å²) in [5.41, 5.74) is 0. The van der Waals surface area contributed by atoms with Gasteiger partial charge in [-0.3, -0.25) is 0 Å². The van der Waals surface area contributed by atoms with Gasteiger partial charge in [-0.2, -0.15) is 0 Å². The molecule has 0 aromatic rings. The maximum Gasteiger partial charge on any atom is 0.189 e. The Kier molecular flexibility index (Phi) is 4.65. The maximum atomic E-state index is 9.12. The minimum Gasteiger partial charge on any atom is -0.388 e. The van der Waals surface area contributed by atoms with Gasteiger partial charge >= 0.3 is 0 Å². The van der Waals surface area contributed by atoms with Crippen molar-refractivity contribution < 1.29 is 15.3 Å². The molecule has 0 aromatic carbocycles. The molecule has 0 rings (SSSR count). The summed E-state index contributed by atoms with van der Waals surface area (Å²) in [4.78, 5) is 0. The third kappa shape index (κ3) is 4.35. The quantitative estimate of drug-likeness (QED) is 0.410. The number of aliphatic hydroxyl groups is 3. The Hall–Kier alpha value is -0.120. The van der Waals surface area contributed by atoms with E-state index in [0.29, 0.717) is 0 Å².